The van der Waals surface area contributed by atoms with Gasteiger partial charge in [0.2, 0.25) is 0 Å². The molecule has 4 aromatic rings. The summed E-state index contributed by atoms with van der Waals surface area (Å²) in [5.41, 5.74) is 13.3. The lowest BCUT2D eigenvalue weighted by Gasteiger charge is -2.11. The van der Waals surface area contributed by atoms with Gasteiger partial charge in [0.25, 0.3) is 0 Å². The summed E-state index contributed by atoms with van der Waals surface area (Å²) >= 11 is 3.69. The van der Waals surface area contributed by atoms with Crippen LogP contribution in [-0.2, 0) is 0 Å². The van der Waals surface area contributed by atoms with Crippen LogP contribution in [0.15, 0.2) is 95.5 Å². The minimum atomic E-state index is 1.12. The standard InChI is InChI=1S/C26H15Br/c27-16-13-14-20-19-9-3-6-12-23(19)26(24(20)15-16)25-21-10-4-1-7-17(21)18-8-2-5-11-22(18)25/h1-15H. The number of hydrogen-bond acceptors (Lipinski definition) is 0. The average molecular weight is 407 g/mol. The number of fused-ring (bicyclic) bond motifs is 6. The maximum absolute atomic E-state index is 3.69. The van der Waals surface area contributed by atoms with Gasteiger partial charge in [-0.2, -0.15) is 0 Å². The van der Waals surface area contributed by atoms with Crippen molar-refractivity contribution < 1.29 is 0 Å². The Hall–Kier alpha value is -2.90. The average Bonchev–Trinajstić information content (AvgIpc) is 3.20. The Kier molecular flexibility index (Phi) is 3.12. The molecule has 2 aliphatic carbocycles. The zero-order valence-electron chi connectivity index (χ0n) is 14.5. The van der Waals surface area contributed by atoms with E-state index in [2.05, 4.69) is 107 Å². The smallest absolute Gasteiger partial charge is 0.0181 e. The first-order chi connectivity index (χ1) is 13.3. The highest BCUT2D eigenvalue weighted by Gasteiger charge is 2.31. The molecule has 0 unspecified atom stereocenters. The summed E-state index contributed by atoms with van der Waals surface area (Å²) in [6.07, 6.45) is 0. The van der Waals surface area contributed by atoms with Crippen LogP contribution in [0, 0.1) is 0 Å². The number of rotatable bonds is 0. The van der Waals surface area contributed by atoms with Crippen molar-refractivity contribution in [1.29, 1.82) is 0 Å². The predicted octanol–water partition coefficient (Wildman–Crippen LogP) is 7.42. The van der Waals surface area contributed by atoms with Gasteiger partial charge in [0.05, 0.1) is 0 Å². The van der Waals surface area contributed by atoms with E-state index in [4.69, 9.17) is 0 Å². The highest BCUT2D eigenvalue weighted by Crippen LogP contribution is 2.54. The summed E-state index contributed by atoms with van der Waals surface area (Å²) in [6.45, 7) is 0. The monoisotopic (exact) mass is 406 g/mol. The molecule has 0 radical (unpaired) electrons. The molecule has 0 saturated heterocycles. The fraction of sp³-hybridized carbons (Fsp3) is 0. The van der Waals surface area contributed by atoms with E-state index in [1.165, 1.54) is 55.7 Å². The molecule has 126 valence electrons. The van der Waals surface area contributed by atoms with Crippen molar-refractivity contribution in [3.05, 3.63) is 118 Å². The van der Waals surface area contributed by atoms with Gasteiger partial charge in [0.15, 0.2) is 0 Å². The minimum absolute atomic E-state index is 1.12. The lowest BCUT2D eigenvalue weighted by atomic mass is 9.92. The zero-order valence-corrected chi connectivity index (χ0v) is 16.1. The van der Waals surface area contributed by atoms with E-state index >= 15 is 0 Å². The van der Waals surface area contributed by atoms with E-state index < -0.39 is 0 Å². The van der Waals surface area contributed by atoms with Crippen LogP contribution >= 0.6 is 15.9 Å². The quantitative estimate of drug-likeness (QED) is 0.246. The number of hydrogen-bond donors (Lipinski definition) is 0. The van der Waals surface area contributed by atoms with Crippen molar-refractivity contribution in [3.63, 3.8) is 0 Å². The normalized spacial score (nSPS) is 13.2. The van der Waals surface area contributed by atoms with Crippen LogP contribution in [-0.4, -0.2) is 0 Å². The van der Waals surface area contributed by atoms with Crippen molar-refractivity contribution in [1.82, 2.24) is 0 Å². The molecule has 27 heavy (non-hydrogen) atoms. The molecule has 0 bridgehead atoms. The maximum atomic E-state index is 3.69. The van der Waals surface area contributed by atoms with Crippen molar-refractivity contribution >= 4 is 27.1 Å². The van der Waals surface area contributed by atoms with E-state index in [9.17, 15) is 0 Å². The van der Waals surface area contributed by atoms with Gasteiger partial charge in [0.1, 0.15) is 0 Å². The second-order valence-corrected chi connectivity index (χ2v) is 7.99. The lowest BCUT2D eigenvalue weighted by molar-refractivity contribution is 1.60. The summed E-state index contributed by atoms with van der Waals surface area (Å²) in [5.74, 6) is 0. The molecule has 6 rings (SSSR count). The first-order valence-electron chi connectivity index (χ1n) is 9.16. The molecule has 0 N–H and O–H groups in total. The molecule has 0 amide bonds. The first kappa shape index (κ1) is 15.2. The highest BCUT2D eigenvalue weighted by molar-refractivity contribution is 9.10. The zero-order chi connectivity index (χ0) is 18.0. The fourth-order valence-corrected chi connectivity index (χ4v) is 4.96. The van der Waals surface area contributed by atoms with E-state index in [1.54, 1.807) is 0 Å². The summed E-state index contributed by atoms with van der Waals surface area (Å²) in [5, 5.41) is 0. The summed E-state index contributed by atoms with van der Waals surface area (Å²) in [6, 6.07) is 33.0. The van der Waals surface area contributed by atoms with Gasteiger partial charge in [0, 0.05) is 4.47 Å². The molecule has 0 nitrogen and oxygen atoms in total. The highest BCUT2D eigenvalue weighted by atomic mass is 79.9. The number of halogens is 1. The lowest BCUT2D eigenvalue weighted by Crippen LogP contribution is -1.90. The molecular weight excluding hydrogens is 392 g/mol. The van der Waals surface area contributed by atoms with Gasteiger partial charge in [-0.05, 0) is 67.8 Å². The van der Waals surface area contributed by atoms with Crippen molar-refractivity contribution in [2.24, 2.45) is 0 Å². The molecule has 0 spiro atoms. The topological polar surface area (TPSA) is 0 Å². The van der Waals surface area contributed by atoms with Crippen LogP contribution in [0.2, 0.25) is 0 Å². The largest absolute Gasteiger partial charge is 0.0616 e. The van der Waals surface area contributed by atoms with E-state index in [0.29, 0.717) is 0 Å². The molecule has 2 aliphatic rings. The third-order valence-electron chi connectivity index (χ3n) is 5.67. The molecule has 4 aromatic carbocycles. The Labute approximate surface area is 166 Å². The van der Waals surface area contributed by atoms with E-state index in [1.807, 2.05) is 0 Å². The second-order valence-electron chi connectivity index (χ2n) is 7.08. The fourth-order valence-electron chi connectivity index (χ4n) is 4.59. The third-order valence-corrected chi connectivity index (χ3v) is 6.16. The van der Waals surface area contributed by atoms with Crippen molar-refractivity contribution in [3.8, 4) is 22.3 Å². The van der Waals surface area contributed by atoms with Gasteiger partial charge in [-0.1, -0.05) is 94.8 Å². The van der Waals surface area contributed by atoms with Gasteiger partial charge in [-0.3, -0.25) is 0 Å². The molecule has 1 heteroatoms. The summed E-state index contributed by atoms with van der Waals surface area (Å²) < 4.78 is 1.12. The van der Waals surface area contributed by atoms with Crippen LogP contribution < -0.4 is 0 Å². The molecule has 0 fully saturated rings. The number of benzene rings is 4. The van der Waals surface area contributed by atoms with Crippen LogP contribution in [0.4, 0.5) is 0 Å². The van der Waals surface area contributed by atoms with E-state index in [0.717, 1.165) is 4.47 Å². The minimum Gasteiger partial charge on any atom is -0.0616 e. The van der Waals surface area contributed by atoms with E-state index in [-0.39, 0.29) is 0 Å². The van der Waals surface area contributed by atoms with Crippen LogP contribution in [0.5, 0.6) is 0 Å². The predicted molar refractivity (Wildman–Crippen MR) is 116 cm³/mol. The molecule has 0 atom stereocenters. The molecule has 0 saturated carbocycles. The molecular formula is C26H15Br. The third kappa shape index (κ3) is 2.03. The Morgan fingerprint density at radius 3 is 1.22 bits per heavy atom. The molecule has 0 heterocycles. The Morgan fingerprint density at radius 1 is 0.370 bits per heavy atom. The van der Waals surface area contributed by atoms with Gasteiger partial charge in [-0.25, -0.2) is 0 Å². The SMILES string of the molecule is Brc1ccc2c(c1)C(=C1c3ccccc3-c3ccccc31)c1ccccc1-2. The first-order valence-corrected chi connectivity index (χ1v) is 9.95. The molecule has 0 aromatic heterocycles. The van der Waals surface area contributed by atoms with Crippen LogP contribution in [0.3, 0.4) is 0 Å². The summed E-state index contributed by atoms with van der Waals surface area (Å²) in [4.78, 5) is 0. The summed E-state index contributed by atoms with van der Waals surface area (Å²) in [7, 11) is 0. The Morgan fingerprint density at radius 2 is 0.741 bits per heavy atom. The molecule has 0 aliphatic heterocycles. The van der Waals surface area contributed by atoms with Crippen molar-refractivity contribution in [2.45, 2.75) is 0 Å². The van der Waals surface area contributed by atoms with Gasteiger partial charge < -0.3 is 0 Å². The van der Waals surface area contributed by atoms with Crippen molar-refractivity contribution in [2.75, 3.05) is 0 Å². The van der Waals surface area contributed by atoms with Crippen LogP contribution in [0.1, 0.15) is 22.3 Å². The Balaban J connectivity index is 1.82. The van der Waals surface area contributed by atoms with Crippen LogP contribution in [0.25, 0.3) is 33.4 Å². The maximum Gasteiger partial charge on any atom is 0.0181 e. The van der Waals surface area contributed by atoms with Gasteiger partial charge >= 0.3 is 0 Å². The Bertz CT molecular complexity index is 1230. The second kappa shape index (κ2) is 5.55. The van der Waals surface area contributed by atoms with Gasteiger partial charge in [-0.15, -0.1) is 0 Å².